The second-order valence-electron chi connectivity index (χ2n) is 4.86. The van der Waals surface area contributed by atoms with Gasteiger partial charge in [0.15, 0.2) is 0 Å². The van der Waals surface area contributed by atoms with E-state index in [-0.39, 0.29) is 5.91 Å². The number of carbonyl (C=O) groups is 3. The Morgan fingerprint density at radius 1 is 1.21 bits per heavy atom. The van der Waals surface area contributed by atoms with Crippen LogP contribution in [0.25, 0.3) is 0 Å². The fourth-order valence-corrected chi connectivity index (χ4v) is 3.53. The highest BCUT2D eigenvalue weighted by Crippen LogP contribution is 2.34. The molecule has 0 aromatic heterocycles. The molecule has 1 rings (SSSR count). The molecule has 1 fully saturated rings. The van der Waals surface area contributed by atoms with Crippen LogP contribution in [0, 0.1) is 5.41 Å². The molecule has 1 aliphatic rings. The fraction of sp³-hybridized carbons (Fsp3) is 0.769. The van der Waals surface area contributed by atoms with Crippen molar-refractivity contribution in [1.29, 1.82) is 0 Å². The molecule has 1 saturated heterocycles. The zero-order valence-corrected chi connectivity index (χ0v) is 12.6. The number of nitrogens with one attached hydrogen (secondary N) is 1. The average Bonchev–Trinajstić information content (AvgIpc) is 2.39. The number of hydrogen-bond acceptors (Lipinski definition) is 4. The van der Waals surface area contributed by atoms with E-state index in [1.54, 1.807) is 11.8 Å². The molecule has 0 saturated carbocycles. The lowest BCUT2D eigenvalue weighted by molar-refractivity contribution is -0.149. The number of rotatable bonds is 7. The first-order chi connectivity index (χ1) is 8.99. The summed E-state index contributed by atoms with van der Waals surface area (Å²) in [5.41, 5.74) is -1.07. The first-order valence-electron chi connectivity index (χ1n) is 6.71. The summed E-state index contributed by atoms with van der Waals surface area (Å²) in [5.74, 6) is 0.571. The van der Waals surface area contributed by atoms with E-state index in [4.69, 9.17) is 0 Å². The molecule has 4 amide bonds. The van der Waals surface area contributed by atoms with Crippen LogP contribution in [-0.2, 0) is 9.59 Å². The smallest absolute Gasteiger partial charge is 0.277 e. The van der Waals surface area contributed by atoms with E-state index in [0.29, 0.717) is 12.2 Å². The van der Waals surface area contributed by atoms with Crippen molar-refractivity contribution >= 4 is 29.6 Å². The van der Waals surface area contributed by atoms with Crippen molar-refractivity contribution in [2.45, 2.75) is 39.5 Å². The number of thioether (sulfide) groups is 1. The summed E-state index contributed by atoms with van der Waals surface area (Å²) < 4.78 is 0. The first-order valence-corrected chi connectivity index (χ1v) is 7.86. The van der Waals surface area contributed by atoms with E-state index in [1.807, 2.05) is 6.92 Å². The molecule has 1 heterocycles. The molecule has 1 unspecified atom stereocenters. The van der Waals surface area contributed by atoms with Crippen molar-refractivity contribution in [2.24, 2.45) is 5.41 Å². The van der Waals surface area contributed by atoms with Gasteiger partial charge in [-0.25, -0.2) is 4.79 Å². The zero-order chi connectivity index (χ0) is 14.5. The Labute approximate surface area is 118 Å². The van der Waals surface area contributed by atoms with E-state index >= 15 is 0 Å². The maximum atomic E-state index is 12.4. The van der Waals surface area contributed by atoms with Gasteiger partial charge >= 0.3 is 6.03 Å². The SMILES string of the molecule is CCCCSCC1(CCC)C(=O)NC(=O)N(C)C1=O. The summed E-state index contributed by atoms with van der Waals surface area (Å²) in [6, 6.07) is -0.625. The second kappa shape index (κ2) is 6.93. The van der Waals surface area contributed by atoms with Crippen LogP contribution in [0.15, 0.2) is 0 Å². The highest BCUT2D eigenvalue weighted by atomic mass is 32.2. The third kappa shape index (κ3) is 3.29. The number of carbonyl (C=O) groups excluding carboxylic acids is 3. The van der Waals surface area contributed by atoms with Crippen molar-refractivity contribution in [1.82, 2.24) is 10.2 Å². The zero-order valence-electron chi connectivity index (χ0n) is 11.8. The van der Waals surface area contributed by atoms with E-state index in [9.17, 15) is 14.4 Å². The Morgan fingerprint density at radius 3 is 2.47 bits per heavy atom. The predicted octanol–water partition coefficient (Wildman–Crippen LogP) is 2.01. The van der Waals surface area contributed by atoms with Crippen LogP contribution < -0.4 is 5.32 Å². The summed E-state index contributed by atoms with van der Waals surface area (Å²) in [7, 11) is 1.42. The van der Waals surface area contributed by atoms with Gasteiger partial charge in [0.25, 0.3) is 0 Å². The van der Waals surface area contributed by atoms with Gasteiger partial charge in [0.05, 0.1) is 0 Å². The molecule has 0 spiro atoms. The van der Waals surface area contributed by atoms with Crippen LogP contribution in [0.1, 0.15) is 39.5 Å². The summed E-state index contributed by atoms with van der Waals surface area (Å²) in [4.78, 5) is 37.0. The van der Waals surface area contributed by atoms with Crippen LogP contribution in [0.5, 0.6) is 0 Å². The fourth-order valence-electron chi connectivity index (χ4n) is 2.15. The quantitative estimate of drug-likeness (QED) is 0.574. The van der Waals surface area contributed by atoms with E-state index in [0.717, 1.165) is 29.9 Å². The predicted molar refractivity (Wildman–Crippen MR) is 75.9 cm³/mol. The number of amides is 4. The standard InChI is InChI=1S/C13H22N2O3S/c1-4-6-8-19-9-13(7-5-2)10(16)14-12(18)15(3)11(13)17/h4-9H2,1-3H3,(H,14,16,18). The molecule has 5 nitrogen and oxygen atoms in total. The number of imide groups is 2. The molecule has 108 valence electrons. The van der Waals surface area contributed by atoms with Crippen LogP contribution >= 0.6 is 11.8 Å². The monoisotopic (exact) mass is 286 g/mol. The largest absolute Gasteiger partial charge is 0.330 e. The highest BCUT2D eigenvalue weighted by molar-refractivity contribution is 7.99. The lowest BCUT2D eigenvalue weighted by Crippen LogP contribution is -2.63. The van der Waals surface area contributed by atoms with Gasteiger partial charge in [-0.05, 0) is 18.6 Å². The average molecular weight is 286 g/mol. The summed E-state index contributed by atoms with van der Waals surface area (Å²) >= 11 is 1.61. The molecule has 0 radical (unpaired) electrons. The van der Waals surface area contributed by atoms with Crippen molar-refractivity contribution in [2.75, 3.05) is 18.6 Å². The molecule has 1 N–H and O–H groups in total. The minimum absolute atomic E-state index is 0.368. The normalized spacial score (nSPS) is 23.7. The Morgan fingerprint density at radius 2 is 1.89 bits per heavy atom. The summed E-state index contributed by atoms with van der Waals surface area (Å²) in [6.07, 6.45) is 3.37. The maximum absolute atomic E-state index is 12.4. The van der Waals surface area contributed by atoms with Crippen LogP contribution in [0.3, 0.4) is 0 Å². The molecule has 0 aromatic carbocycles. The van der Waals surface area contributed by atoms with Crippen molar-refractivity contribution in [3.8, 4) is 0 Å². The molecule has 0 aromatic rings. The van der Waals surface area contributed by atoms with Gasteiger partial charge in [-0.15, -0.1) is 0 Å². The van der Waals surface area contributed by atoms with Crippen molar-refractivity contribution in [3.63, 3.8) is 0 Å². The molecule has 6 heteroatoms. The highest BCUT2D eigenvalue weighted by Gasteiger charge is 2.51. The Bertz CT molecular complexity index is 373. The van der Waals surface area contributed by atoms with E-state index < -0.39 is 17.4 Å². The Balaban J connectivity index is 2.85. The van der Waals surface area contributed by atoms with Gasteiger partial charge in [-0.2, -0.15) is 11.8 Å². The molecule has 1 atom stereocenters. The molecule has 19 heavy (non-hydrogen) atoms. The van der Waals surface area contributed by atoms with Crippen LogP contribution in [0.2, 0.25) is 0 Å². The summed E-state index contributed by atoms with van der Waals surface area (Å²) in [5, 5.41) is 2.29. The molecular formula is C13H22N2O3S. The maximum Gasteiger partial charge on any atom is 0.330 e. The topological polar surface area (TPSA) is 66.5 Å². The lowest BCUT2D eigenvalue weighted by Gasteiger charge is -2.37. The van der Waals surface area contributed by atoms with E-state index in [2.05, 4.69) is 12.2 Å². The number of nitrogens with zero attached hydrogens (tertiary/aromatic N) is 1. The van der Waals surface area contributed by atoms with Gasteiger partial charge < -0.3 is 0 Å². The third-order valence-corrected chi connectivity index (χ3v) is 4.62. The number of barbiturate groups is 1. The van der Waals surface area contributed by atoms with Gasteiger partial charge in [0, 0.05) is 12.8 Å². The minimum Gasteiger partial charge on any atom is -0.277 e. The molecular weight excluding hydrogens is 264 g/mol. The van der Waals surface area contributed by atoms with Gasteiger partial charge in [0.2, 0.25) is 11.8 Å². The molecule has 0 bridgehead atoms. The van der Waals surface area contributed by atoms with Crippen LogP contribution in [-0.4, -0.2) is 41.3 Å². The van der Waals surface area contributed by atoms with Gasteiger partial charge in [-0.1, -0.05) is 26.7 Å². The molecule has 0 aliphatic carbocycles. The van der Waals surface area contributed by atoms with Gasteiger partial charge in [-0.3, -0.25) is 19.8 Å². The molecule has 1 aliphatic heterocycles. The summed E-state index contributed by atoms with van der Waals surface area (Å²) in [6.45, 7) is 4.04. The Kier molecular flexibility index (Phi) is 5.85. The lowest BCUT2D eigenvalue weighted by atomic mass is 9.81. The van der Waals surface area contributed by atoms with Gasteiger partial charge in [0.1, 0.15) is 5.41 Å². The minimum atomic E-state index is -1.07. The second-order valence-corrected chi connectivity index (χ2v) is 5.97. The number of urea groups is 1. The number of hydrogen-bond donors (Lipinski definition) is 1. The third-order valence-electron chi connectivity index (χ3n) is 3.34. The number of unbranched alkanes of at least 4 members (excludes halogenated alkanes) is 1. The van der Waals surface area contributed by atoms with Crippen molar-refractivity contribution in [3.05, 3.63) is 0 Å². The van der Waals surface area contributed by atoms with Crippen molar-refractivity contribution < 1.29 is 14.4 Å². The van der Waals surface area contributed by atoms with E-state index in [1.165, 1.54) is 7.05 Å². The first kappa shape index (κ1) is 16.0. The Hall–Kier alpha value is -1.04. The van der Waals surface area contributed by atoms with Crippen LogP contribution in [0.4, 0.5) is 4.79 Å².